The molecule has 0 fully saturated rings. The minimum Gasteiger partial charge on any atom is -0.233 e. The van der Waals surface area contributed by atoms with E-state index < -0.39 is 10.0 Å². The van der Waals surface area contributed by atoms with Crippen LogP contribution in [0.4, 0.5) is 0 Å². The van der Waals surface area contributed by atoms with Crippen LogP contribution in [0.2, 0.25) is 0 Å². The standard InChI is InChI=1S/C21H17NO2S2/c1-25-18-12-13-20-17(14-18)15-21(16-8-4-2-5-9-16)22(20)26(23,24)19-10-6-3-7-11-19/h2-15H,1H3. The lowest BCUT2D eigenvalue weighted by Gasteiger charge is -2.12. The van der Waals surface area contributed by atoms with Crippen LogP contribution < -0.4 is 0 Å². The first-order chi connectivity index (χ1) is 12.6. The van der Waals surface area contributed by atoms with Crippen molar-refractivity contribution < 1.29 is 8.42 Å². The maximum absolute atomic E-state index is 13.4. The van der Waals surface area contributed by atoms with Crippen molar-refractivity contribution in [3.05, 3.63) is 84.9 Å². The average molecular weight is 380 g/mol. The van der Waals surface area contributed by atoms with Gasteiger partial charge in [0.1, 0.15) is 0 Å². The number of fused-ring (bicyclic) bond motifs is 1. The number of nitrogens with zero attached hydrogens (tertiary/aromatic N) is 1. The zero-order valence-electron chi connectivity index (χ0n) is 14.2. The number of benzene rings is 3. The number of aromatic nitrogens is 1. The smallest absolute Gasteiger partial charge is 0.233 e. The molecule has 0 radical (unpaired) electrons. The van der Waals surface area contributed by atoms with Crippen molar-refractivity contribution in [2.24, 2.45) is 0 Å². The fraction of sp³-hybridized carbons (Fsp3) is 0.0476. The van der Waals surface area contributed by atoms with Gasteiger partial charge in [-0.2, -0.15) is 0 Å². The fourth-order valence-corrected chi connectivity index (χ4v) is 5.07. The van der Waals surface area contributed by atoms with E-state index in [1.54, 1.807) is 36.0 Å². The van der Waals surface area contributed by atoms with Gasteiger partial charge in [-0.1, -0.05) is 48.5 Å². The lowest BCUT2D eigenvalue weighted by molar-refractivity contribution is 0.589. The molecule has 0 amide bonds. The predicted molar refractivity (Wildman–Crippen MR) is 108 cm³/mol. The monoisotopic (exact) mass is 379 g/mol. The van der Waals surface area contributed by atoms with Crippen LogP contribution in [-0.4, -0.2) is 18.6 Å². The van der Waals surface area contributed by atoms with Crippen molar-refractivity contribution in [3.8, 4) is 11.3 Å². The molecule has 0 aliphatic carbocycles. The van der Waals surface area contributed by atoms with Gasteiger partial charge >= 0.3 is 0 Å². The van der Waals surface area contributed by atoms with E-state index in [1.165, 1.54) is 3.97 Å². The van der Waals surface area contributed by atoms with Crippen molar-refractivity contribution in [1.82, 2.24) is 3.97 Å². The summed E-state index contributed by atoms with van der Waals surface area (Å²) in [5.74, 6) is 0. The molecule has 130 valence electrons. The fourth-order valence-electron chi connectivity index (χ4n) is 3.06. The highest BCUT2D eigenvalue weighted by Crippen LogP contribution is 2.33. The lowest BCUT2D eigenvalue weighted by atomic mass is 10.1. The number of hydrogen-bond acceptors (Lipinski definition) is 3. The van der Waals surface area contributed by atoms with Crippen molar-refractivity contribution in [1.29, 1.82) is 0 Å². The third-order valence-corrected chi connectivity index (χ3v) is 6.78. The summed E-state index contributed by atoms with van der Waals surface area (Å²) < 4.78 is 28.3. The van der Waals surface area contributed by atoms with E-state index in [0.29, 0.717) is 11.2 Å². The van der Waals surface area contributed by atoms with Gasteiger partial charge in [0, 0.05) is 10.3 Å². The maximum Gasteiger partial charge on any atom is 0.268 e. The summed E-state index contributed by atoms with van der Waals surface area (Å²) in [5.41, 5.74) is 2.22. The summed E-state index contributed by atoms with van der Waals surface area (Å²) in [6, 6.07) is 26.0. The molecule has 0 aliphatic rings. The predicted octanol–water partition coefficient (Wildman–Crippen LogP) is 5.27. The molecule has 1 heterocycles. The highest BCUT2D eigenvalue weighted by molar-refractivity contribution is 7.98. The Kier molecular flexibility index (Phi) is 4.34. The molecule has 3 nitrogen and oxygen atoms in total. The Morgan fingerprint density at radius 2 is 1.46 bits per heavy atom. The Hall–Kier alpha value is -2.50. The molecular formula is C21H17NO2S2. The molecule has 0 spiro atoms. The van der Waals surface area contributed by atoms with E-state index in [9.17, 15) is 8.42 Å². The van der Waals surface area contributed by atoms with Crippen molar-refractivity contribution in [2.45, 2.75) is 9.79 Å². The Balaban J connectivity index is 2.06. The van der Waals surface area contributed by atoms with Crippen LogP contribution >= 0.6 is 11.8 Å². The summed E-state index contributed by atoms with van der Waals surface area (Å²) in [7, 11) is -3.71. The first-order valence-electron chi connectivity index (χ1n) is 8.17. The summed E-state index contributed by atoms with van der Waals surface area (Å²) in [5, 5.41) is 0.912. The van der Waals surface area contributed by atoms with Crippen LogP contribution in [0.3, 0.4) is 0 Å². The highest BCUT2D eigenvalue weighted by Gasteiger charge is 2.23. The molecule has 5 heteroatoms. The van der Waals surface area contributed by atoms with Crippen LogP contribution in [0.5, 0.6) is 0 Å². The molecule has 1 aromatic heterocycles. The summed E-state index contributed by atoms with van der Waals surface area (Å²) in [6.45, 7) is 0. The minimum atomic E-state index is -3.71. The van der Waals surface area contributed by atoms with Crippen LogP contribution in [0.15, 0.2) is 94.7 Å². The second-order valence-corrected chi connectivity index (χ2v) is 8.57. The van der Waals surface area contributed by atoms with Crippen LogP contribution in [0.1, 0.15) is 0 Å². The van der Waals surface area contributed by atoms with Crippen molar-refractivity contribution >= 4 is 32.7 Å². The molecule has 3 aromatic carbocycles. The zero-order chi connectivity index (χ0) is 18.1. The van der Waals surface area contributed by atoms with Gasteiger partial charge in [-0.3, -0.25) is 0 Å². The van der Waals surface area contributed by atoms with Gasteiger partial charge in [-0.25, -0.2) is 12.4 Å². The third kappa shape index (κ3) is 2.83. The molecule has 0 saturated carbocycles. The molecule has 0 unspecified atom stereocenters. The summed E-state index contributed by atoms with van der Waals surface area (Å²) in [4.78, 5) is 1.38. The first kappa shape index (κ1) is 16.9. The third-order valence-electron chi connectivity index (χ3n) is 4.32. The molecule has 4 aromatic rings. The largest absolute Gasteiger partial charge is 0.268 e. The van der Waals surface area contributed by atoms with E-state index >= 15 is 0 Å². The van der Waals surface area contributed by atoms with E-state index in [4.69, 9.17) is 0 Å². The zero-order valence-corrected chi connectivity index (χ0v) is 15.8. The molecule has 0 atom stereocenters. The second kappa shape index (κ2) is 6.67. The quantitative estimate of drug-likeness (QED) is 0.454. The normalized spacial score (nSPS) is 11.7. The van der Waals surface area contributed by atoms with Crippen LogP contribution in [0.25, 0.3) is 22.2 Å². The second-order valence-electron chi connectivity index (χ2n) is 5.90. The number of rotatable bonds is 4. The van der Waals surface area contributed by atoms with Crippen LogP contribution in [-0.2, 0) is 10.0 Å². The molecule has 0 N–H and O–H groups in total. The van der Waals surface area contributed by atoms with Crippen molar-refractivity contribution in [2.75, 3.05) is 6.26 Å². The average Bonchev–Trinajstić information content (AvgIpc) is 3.08. The molecule has 0 saturated heterocycles. The van der Waals surface area contributed by atoms with Crippen molar-refractivity contribution in [3.63, 3.8) is 0 Å². The van der Waals surface area contributed by atoms with Gasteiger partial charge < -0.3 is 0 Å². The van der Waals surface area contributed by atoms with Gasteiger partial charge in [0.05, 0.1) is 16.1 Å². The Bertz CT molecular complexity index is 1160. The minimum absolute atomic E-state index is 0.281. The summed E-state index contributed by atoms with van der Waals surface area (Å²) in [6.07, 6.45) is 2.01. The summed E-state index contributed by atoms with van der Waals surface area (Å²) >= 11 is 1.64. The van der Waals surface area contributed by atoms with E-state index in [2.05, 4.69) is 0 Å². The molecular weight excluding hydrogens is 362 g/mol. The Labute approximate surface area is 157 Å². The SMILES string of the molecule is CSc1ccc2c(c1)cc(-c1ccccc1)n2S(=O)(=O)c1ccccc1. The Morgan fingerprint density at radius 3 is 2.12 bits per heavy atom. The maximum atomic E-state index is 13.4. The van der Waals surface area contributed by atoms with Gasteiger partial charge in [-0.15, -0.1) is 11.8 Å². The van der Waals surface area contributed by atoms with E-state index in [-0.39, 0.29) is 4.90 Å². The highest BCUT2D eigenvalue weighted by atomic mass is 32.2. The van der Waals surface area contributed by atoms with E-state index in [0.717, 1.165) is 15.8 Å². The van der Waals surface area contributed by atoms with Gasteiger partial charge in [0.25, 0.3) is 10.0 Å². The number of thioether (sulfide) groups is 1. The van der Waals surface area contributed by atoms with E-state index in [1.807, 2.05) is 66.9 Å². The Morgan fingerprint density at radius 1 is 0.808 bits per heavy atom. The van der Waals surface area contributed by atoms with Gasteiger partial charge in [0.2, 0.25) is 0 Å². The first-order valence-corrected chi connectivity index (χ1v) is 10.8. The van der Waals surface area contributed by atoms with Gasteiger partial charge in [0.15, 0.2) is 0 Å². The number of hydrogen-bond donors (Lipinski definition) is 0. The molecule has 0 aliphatic heterocycles. The molecule has 26 heavy (non-hydrogen) atoms. The molecule has 4 rings (SSSR count). The molecule has 0 bridgehead atoms. The van der Waals surface area contributed by atoms with Crippen LogP contribution in [0, 0.1) is 0 Å². The lowest BCUT2D eigenvalue weighted by Crippen LogP contribution is -2.14. The van der Waals surface area contributed by atoms with Gasteiger partial charge in [-0.05, 0) is 48.2 Å². The topological polar surface area (TPSA) is 39.1 Å².